The van der Waals surface area contributed by atoms with E-state index in [-0.39, 0.29) is 5.75 Å². The molecule has 4 heterocycles. The van der Waals surface area contributed by atoms with Crippen LogP contribution in [0.3, 0.4) is 0 Å². The molecular weight excluding hydrogens is 337 g/mol. The van der Waals surface area contributed by atoms with Crippen molar-refractivity contribution < 1.29 is 8.94 Å². The lowest BCUT2D eigenvalue weighted by molar-refractivity contribution is 0.582. The first kappa shape index (κ1) is 14.9. The number of hydrogen-bond donors (Lipinski definition) is 1. The lowest BCUT2D eigenvalue weighted by atomic mass is 10.4. The molecule has 3 aromatic heterocycles. The molecule has 0 spiro atoms. The first-order chi connectivity index (χ1) is 11.2. The lowest BCUT2D eigenvalue weighted by Crippen LogP contribution is -2.22. The zero-order valence-electron chi connectivity index (χ0n) is 12.2. The number of thiophene rings is 1. The highest BCUT2D eigenvalue weighted by atomic mass is 32.2. The van der Waals surface area contributed by atoms with Gasteiger partial charge in [0, 0.05) is 35.0 Å². The van der Waals surface area contributed by atoms with Crippen LogP contribution in [0.5, 0.6) is 0 Å². The summed E-state index contributed by atoms with van der Waals surface area (Å²) in [6.07, 6.45) is 3.23. The van der Waals surface area contributed by atoms with Crippen molar-refractivity contribution in [2.45, 2.75) is 23.8 Å². The zero-order chi connectivity index (χ0) is 15.8. The summed E-state index contributed by atoms with van der Waals surface area (Å²) >= 11 is 0.147. The van der Waals surface area contributed by atoms with Crippen LogP contribution in [0.2, 0.25) is 0 Å². The van der Waals surface area contributed by atoms with Crippen molar-refractivity contribution in [3.05, 3.63) is 28.6 Å². The maximum Gasteiger partial charge on any atom is 0.322 e. The third-order valence-electron chi connectivity index (χ3n) is 3.76. The predicted molar refractivity (Wildman–Crippen MR) is 87.5 cm³/mol. The molecule has 6 nitrogen and oxygen atoms in total. The van der Waals surface area contributed by atoms with E-state index >= 15 is 0 Å². The highest BCUT2D eigenvalue weighted by Crippen LogP contribution is 2.23. The Morgan fingerprint density at radius 3 is 2.91 bits per heavy atom. The number of fused-ring (bicyclic) bond motifs is 1. The van der Waals surface area contributed by atoms with Crippen molar-refractivity contribution in [1.82, 2.24) is 19.9 Å². The minimum Gasteiger partial charge on any atom is -0.609 e. The highest BCUT2D eigenvalue weighted by molar-refractivity contribution is 7.90. The van der Waals surface area contributed by atoms with Crippen LogP contribution in [-0.4, -0.2) is 37.6 Å². The van der Waals surface area contributed by atoms with Crippen molar-refractivity contribution in [2.24, 2.45) is 0 Å². The van der Waals surface area contributed by atoms with E-state index in [9.17, 15) is 8.94 Å². The average Bonchev–Trinajstić information content (AvgIpc) is 3.25. The topological polar surface area (TPSA) is 80.8 Å². The van der Waals surface area contributed by atoms with E-state index in [4.69, 9.17) is 0 Å². The molecule has 1 atom stereocenters. The Morgan fingerprint density at radius 1 is 1.30 bits per heavy atom. The fourth-order valence-corrected chi connectivity index (χ4v) is 4.26. The van der Waals surface area contributed by atoms with Crippen molar-refractivity contribution in [1.29, 1.82) is 0 Å². The molecule has 1 N–H and O–H groups in total. The van der Waals surface area contributed by atoms with Gasteiger partial charge in [-0.3, -0.25) is 4.98 Å². The molecule has 0 aromatic carbocycles. The van der Waals surface area contributed by atoms with E-state index in [0.717, 1.165) is 43.2 Å². The van der Waals surface area contributed by atoms with Gasteiger partial charge in [-0.1, -0.05) is 0 Å². The fraction of sp³-hybridized carbons (Fsp3) is 0.357. The quantitative estimate of drug-likeness (QED) is 0.730. The molecule has 23 heavy (non-hydrogen) atoms. The SMILES string of the molecule is [O-][S+](Cc1ncc(F)c(N2CCCC2)n1)c1nc2cscc2[nH]1. The number of imidazole rings is 1. The molecule has 0 saturated carbocycles. The second kappa shape index (κ2) is 6.06. The molecule has 4 rings (SSSR count). The molecule has 0 amide bonds. The second-order valence-corrected chi connectivity index (χ2v) is 7.46. The molecule has 3 aromatic rings. The second-order valence-electron chi connectivity index (χ2n) is 5.35. The number of aromatic nitrogens is 4. The van der Waals surface area contributed by atoms with E-state index in [1.807, 2.05) is 15.7 Å². The summed E-state index contributed by atoms with van der Waals surface area (Å²) in [6, 6.07) is 0. The van der Waals surface area contributed by atoms with Crippen molar-refractivity contribution in [3.8, 4) is 0 Å². The van der Waals surface area contributed by atoms with Gasteiger partial charge in [0.15, 0.2) is 23.2 Å². The Hall–Kier alpha value is -1.71. The van der Waals surface area contributed by atoms with Gasteiger partial charge in [0.1, 0.15) is 5.52 Å². The highest BCUT2D eigenvalue weighted by Gasteiger charge is 2.22. The van der Waals surface area contributed by atoms with Gasteiger partial charge in [-0.2, -0.15) is 4.98 Å². The smallest absolute Gasteiger partial charge is 0.322 e. The Labute approximate surface area is 139 Å². The van der Waals surface area contributed by atoms with Crippen LogP contribution in [0, 0.1) is 5.82 Å². The zero-order valence-corrected chi connectivity index (χ0v) is 13.8. The van der Waals surface area contributed by atoms with Crippen LogP contribution in [0.25, 0.3) is 11.0 Å². The molecule has 1 aliphatic rings. The van der Waals surface area contributed by atoms with Gasteiger partial charge in [0.2, 0.25) is 0 Å². The van der Waals surface area contributed by atoms with Crippen molar-refractivity contribution in [3.63, 3.8) is 0 Å². The molecular formula is C14H14FN5OS2. The number of H-pyrrole nitrogens is 1. The molecule has 0 radical (unpaired) electrons. The maximum atomic E-state index is 13.9. The van der Waals surface area contributed by atoms with Gasteiger partial charge >= 0.3 is 5.16 Å². The summed E-state index contributed by atoms with van der Waals surface area (Å²) < 4.78 is 26.4. The number of hydrogen-bond acceptors (Lipinski definition) is 6. The monoisotopic (exact) mass is 351 g/mol. The van der Waals surface area contributed by atoms with Crippen LogP contribution in [0.15, 0.2) is 22.1 Å². The molecule has 120 valence electrons. The number of rotatable bonds is 4. The summed E-state index contributed by atoms with van der Waals surface area (Å²) in [5.74, 6) is 0.357. The number of halogens is 1. The number of nitrogens with zero attached hydrogens (tertiary/aromatic N) is 4. The number of aromatic amines is 1. The van der Waals surface area contributed by atoms with Crippen LogP contribution in [-0.2, 0) is 16.9 Å². The summed E-state index contributed by atoms with van der Waals surface area (Å²) in [7, 11) is 0. The van der Waals surface area contributed by atoms with E-state index in [2.05, 4.69) is 19.9 Å². The van der Waals surface area contributed by atoms with Crippen LogP contribution >= 0.6 is 11.3 Å². The van der Waals surface area contributed by atoms with Crippen LogP contribution < -0.4 is 4.90 Å². The van der Waals surface area contributed by atoms with Crippen LogP contribution in [0.1, 0.15) is 18.7 Å². The van der Waals surface area contributed by atoms with Gasteiger partial charge in [0.05, 0.1) is 11.7 Å². The fourth-order valence-electron chi connectivity index (χ4n) is 2.63. The Morgan fingerprint density at radius 2 is 2.13 bits per heavy atom. The summed E-state index contributed by atoms with van der Waals surface area (Å²) in [6.45, 7) is 1.59. The third-order valence-corrected chi connectivity index (χ3v) is 5.64. The average molecular weight is 351 g/mol. The van der Waals surface area contributed by atoms with Crippen molar-refractivity contribution in [2.75, 3.05) is 18.0 Å². The first-order valence-electron chi connectivity index (χ1n) is 7.27. The summed E-state index contributed by atoms with van der Waals surface area (Å²) in [4.78, 5) is 17.5. The first-order valence-corrected chi connectivity index (χ1v) is 9.53. The molecule has 9 heteroatoms. The molecule has 1 fully saturated rings. The molecule has 1 aliphatic heterocycles. The molecule has 1 unspecified atom stereocenters. The Kier molecular flexibility index (Phi) is 3.92. The van der Waals surface area contributed by atoms with E-state index in [0.29, 0.717) is 16.8 Å². The Balaban J connectivity index is 1.55. The maximum absolute atomic E-state index is 13.9. The van der Waals surface area contributed by atoms with E-state index < -0.39 is 17.0 Å². The van der Waals surface area contributed by atoms with Gasteiger partial charge in [-0.15, -0.1) is 11.3 Å². The van der Waals surface area contributed by atoms with Crippen molar-refractivity contribution >= 4 is 39.4 Å². The number of nitrogens with one attached hydrogen (secondary N) is 1. The van der Waals surface area contributed by atoms with Gasteiger partial charge in [-0.05, 0) is 12.8 Å². The predicted octanol–water partition coefficient (Wildman–Crippen LogP) is 2.46. The third kappa shape index (κ3) is 2.91. The lowest BCUT2D eigenvalue weighted by Gasteiger charge is -2.17. The Bertz CT molecular complexity index is 801. The number of anilines is 1. The molecule has 1 saturated heterocycles. The minimum atomic E-state index is -1.39. The van der Waals surface area contributed by atoms with Gasteiger partial charge in [-0.25, -0.2) is 14.4 Å². The largest absolute Gasteiger partial charge is 0.609 e. The van der Waals surface area contributed by atoms with E-state index in [1.165, 1.54) is 11.3 Å². The van der Waals surface area contributed by atoms with Gasteiger partial charge < -0.3 is 9.45 Å². The normalized spacial score (nSPS) is 16.3. The summed E-state index contributed by atoms with van der Waals surface area (Å²) in [5.41, 5.74) is 1.67. The van der Waals surface area contributed by atoms with E-state index in [1.54, 1.807) is 0 Å². The van der Waals surface area contributed by atoms with Gasteiger partial charge in [0.25, 0.3) is 0 Å². The van der Waals surface area contributed by atoms with Crippen LogP contribution in [0.4, 0.5) is 10.2 Å². The summed E-state index contributed by atoms with van der Waals surface area (Å²) in [5, 5.41) is 4.22. The molecule has 0 aliphatic carbocycles. The molecule has 0 bridgehead atoms. The standard InChI is InChI=1S/C14H14FN5OS2/c15-9-5-16-12(19-13(9)20-3-1-2-4-20)8-23(21)14-17-10-6-22-7-11(10)18-14/h5-7H,1-4,8H2,(H,17,18). The minimum absolute atomic E-state index is 0.112.